The summed E-state index contributed by atoms with van der Waals surface area (Å²) >= 11 is 4.78. The highest BCUT2D eigenvalue weighted by Gasteiger charge is 2.17. The van der Waals surface area contributed by atoms with Crippen molar-refractivity contribution in [3.05, 3.63) is 125 Å². The largest absolute Gasteiger partial charge is 0.489 e. The standard InChI is InChI=1S/C30H24BrN5O2S/c31-25-13-15-26(16-14-25)36-29(24-9-5-2-6-10-24)34-35-30(36)39-21-28(37)33-32-19-22-11-17-27(18-12-22)38-20-23-7-3-1-4-8-23/h1-19H,20-21H2,(H,33,37)/b32-19-. The smallest absolute Gasteiger partial charge is 0.250 e. The van der Waals surface area contributed by atoms with Gasteiger partial charge < -0.3 is 4.74 Å². The molecule has 0 bridgehead atoms. The number of thioether (sulfide) groups is 1. The number of nitrogens with zero attached hydrogens (tertiary/aromatic N) is 4. The number of hydrogen-bond acceptors (Lipinski definition) is 6. The molecule has 1 heterocycles. The first-order chi connectivity index (χ1) is 19.2. The monoisotopic (exact) mass is 597 g/mol. The maximum Gasteiger partial charge on any atom is 0.250 e. The number of aromatic nitrogens is 3. The van der Waals surface area contributed by atoms with Crippen molar-refractivity contribution in [2.45, 2.75) is 11.8 Å². The summed E-state index contributed by atoms with van der Waals surface area (Å²) in [5.41, 5.74) is 6.37. The molecule has 5 rings (SSSR count). The lowest BCUT2D eigenvalue weighted by Crippen LogP contribution is -2.20. The Labute approximate surface area is 239 Å². The predicted octanol–water partition coefficient (Wildman–Crippen LogP) is 6.52. The van der Waals surface area contributed by atoms with E-state index in [0.29, 0.717) is 17.6 Å². The van der Waals surface area contributed by atoms with Gasteiger partial charge in [-0.25, -0.2) is 5.43 Å². The SMILES string of the molecule is O=C(CSc1nnc(-c2ccccc2)n1-c1ccc(Br)cc1)N/N=C\c1ccc(OCc2ccccc2)cc1. The molecular weight excluding hydrogens is 574 g/mol. The third kappa shape index (κ3) is 7.22. The van der Waals surface area contributed by atoms with Crippen molar-refractivity contribution < 1.29 is 9.53 Å². The first-order valence-corrected chi connectivity index (χ1v) is 13.9. The number of halogens is 1. The summed E-state index contributed by atoms with van der Waals surface area (Å²) in [7, 11) is 0. The van der Waals surface area contributed by atoms with Crippen molar-refractivity contribution in [1.29, 1.82) is 0 Å². The number of hydrogen-bond donors (Lipinski definition) is 1. The molecule has 194 valence electrons. The van der Waals surface area contributed by atoms with Crippen LogP contribution in [0.15, 0.2) is 124 Å². The van der Waals surface area contributed by atoms with Crippen molar-refractivity contribution in [3.63, 3.8) is 0 Å². The summed E-state index contributed by atoms with van der Waals surface area (Å²) in [5.74, 6) is 1.36. The minimum Gasteiger partial charge on any atom is -0.489 e. The fraction of sp³-hybridized carbons (Fsp3) is 0.0667. The van der Waals surface area contributed by atoms with Gasteiger partial charge in [0.2, 0.25) is 0 Å². The average Bonchev–Trinajstić information content (AvgIpc) is 3.41. The lowest BCUT2D eigenvalue weighted by Gasteiger charge is -2.10. The fourth-order valence-corrected chi connectivity index (χ4v) is 4.70. The topological polar surface area (TPSA) is 81.4 Å². The van der Waals surface area contributed by atoms with Crippen molar-refractivity contribution >= 4 is 39.8 Å². The Morgan fingerprint density at radius 1 is 0.897 bits per heavy atom. The summed E-state index contributed by atoms with van der Waals surface area (Å²) in [5, 5.41) is 13.5. The molecule has 0 saturated carbocycles. The van der Waals surface area contributed by atoms with Crippen molar-refractivity contribution in [2.75, 3.05) is 5.75 Å². The maximum atomic E-state index is 12.5. The van der Waals surface area contributed by atoms with E-state index in [1.807, 2.05) is 114 Å². The van der Waals surface area contributed by atoms with Crippen molar-refractivity contribution in [1.82, 2.24) is 20.2 Å². The molecule has 0 saturated heterocycles. The number of carbonyl (C=O) groups excluding carboxylic acids is 1. The minimum absolute atomic E-state index is 0.132. The third-order valence-electron chi connectivity index (χ3n) is 5.61. The fourth-order valence-electron chi connectivity index (χ4n) is 3.69. The molecule has 0 unspecified atom stereocenters. The molecule has 1 N–H and O–H groups in total. The van der Waals surface area contributed by atoms with E-state index in [9.17, 15) is 4.79 Å². The average molecular weight is 599 g/mol. The van der Waals surface area contributed by atoms with Crippen LogP contribution in [0.4, 0.5) is 0 Å². The van der Waals surface area contributed by atoms with Crippen LogP contribution in [0.25, 0.3) is 17.1 Å². The number of rotatable bonds is 10. The van der Waals surface area contributed by atoms with Crippen molar-refractivity contribution in [3.8, 4) is 22.8 Å². The van der Waals surface area contributed by atoms with Gasteiger partial charge in [-0.15, -0.1) is 10.2 Å². The molecule has 0 aliphatic heterocycles. The molecule has 0 aliphatic carbocycles. The maximum absolute atomic E-state index is 12.5. The molecule has 4 aromatic carbocycles. The van der Waals surface area contributed by atoms with Gasteiger partial charge in [-0.05, 0) is 59.7 Å². The van der Waals surface area contributed by atoms with Gasteiger partial charge in [-0.1, -0.05) is 88.4 Å². The molecule has 0 atom stereocenters. The first kappa shape index (κ1) is 26.4. The number of ether oxygens (including phenoxy) is 1. The van der Waals surface area contributed by atoms with Crippen LogP contribution in [0.2, 0.25) is 0 Å². The molecular formula is C30H24BrN5O2S. The van der Waals surface area contributed by atoms with Crippen LogP contribution in [-0.4, -0.2) is 32.6 Å². The van der Waals surface area contributed by atoms with Crippen molar-refractivity contribution in [2.24, 2.45) is 5.10 Å². The zero-order valence-corrected chi connectivity index (χ0v) is 23.2. The molecule has 1 amide bonds. The van der Waals surface area contributed by atoms with Crippen LogP contribution < -0.4 is 10.2 Å². The summed E-state index contributed by atoms with van der Waals surface area (Å²) in [6, 6.07) is 35.2. The highest BCUT2D eigenvalue weighted by molar-refractivity contribution is 9.10. The van der Waals surface area contributed by atoms with E-state index in [1.165, 1.54) is 11.8 Å². The van der Waals surface area contributed by atoms with Crippen LogP contribution in [0, 0.1) is 0 Å². The number of carbonyl (C=O) groups is 1. The van der Waals surface area contributed by atoms with Gasteiger partial charge >= 0.3 is 0 Å². The van der Waals surface area contributed by atoms with E-state index in [1.54, 1.807) is 6.21 Å². The second-order valence-electron chi connectivity index (χ2n) is 8.41. The molecule has 0 fully saturated rings. The Bertz CT molecular complexity index is 1540. The number of benzene rings is 4. The molecule has 5 aromatic rings. The Morgan fingerprint density at radius 3 is 2.31 bits per heavy atom. The normalized spacial score (nSPS) is 11.0. The Kier molecular flexibility index (Phi) is 8.82. The summed E-state index contributed by atoms with van der Waals surface area (Å²) in [6.07, 6.45) is 1.60. The third-order valence-corrected chi connectivity index (χ3v) is 7.07. The molecule has 39 heavy (non-hydrogen) atoms. The van der Waals surface area contributed by atoms with E-state index >= 15 is 0 Å². The van der Waals surface area contributed by atoms with Gasteiger partial charge in [0.15, 0.2) is 11.0 Å². The quantitative estimate of drug-likeness (QED) is 0.113. The first-order valence-electron chi connectivity index (χ1n) is 12.1. The Hall–Kier alpha value is -4.21. The lowest BCUT2D eigenvalue weighted by molar-refractivity contribution is -0.118. The van der Waals surface area contributed by atoms with Crippen LogP contribution in [0.5, 0.6) is 5.75 Å². The van der Waals surface area contributed by atoms with Gasteiger partial charge in [0, 0.05) is 15.7 Å². The zero-order valence-electron chi connectivity index (χ0n) is 20.8. The van der Waals surface area contributed by atoms with E-state index in [2.05, 4.69) is 36.7 Å². The van der Waals surface area contributed by atoms with Crippen LogP contribution in [0.3, 0.4) is 0 Å². The summed E-state index contributed by atoms with van der Waals surface area (Å²) in [6.45, 7) is 0.504. The molecule has 1 aromatic heterocycles. The number of hydrazone groups is 1. The van der Waals surface area contributed by atoms with Gasteiger partial charge in [0.25, 0.3) is 5.91 Å². The van der Waals surface area contributed by atoms with Gasteiger partial charge in [-0.3, -0.25) is 9.36 Å². The molecule has 0 aliphatic rings. The molecule has 9 heteroatoms. The van der Waals surface area contributed by atoms with Crippen LogP contribution in [-0.2, 0) is 11.4 Å². The van der Waals surface area contributed by atoms with E-state index in [4.69, 9.17) is 4.74 Å². The highest BCUT2D eigenvalue weighted by atomic mass is 79.9. The molecule has 0 radical (unpaired) electrons. The predicted molar refractivity (Wildman–Crippen MR) is 158 cm³/mol. The highest BCUT2D eigenvalue weighted by Crippen LogP contribution is 2.28. The molecule has 7 nitrogen and oxygen atoms in total. The lowest BCUT2D eigenvalue weighted by atomic mass is 10.2. The van der Waals surface area contributed by atoms with Gasteiger partial charge in [0.1, 0.15) is 12.4 Å². The Morgan fingerprint density at radius 2 is 1.59 bits per heavy atom. The van der Waals surface area contributed by atoms with Gasteiger partial charge in [0.05, 0.1) is 12.0 Å². The van der Waals surface area contributed by atoms with E-state index in [-0.39, 0.29) is 11.7 Å². The second-order valence-corrected chi connectivity index (χ2v) is 10.3. The number of amides is 1. The zero-order chi connectivity index (χ0) is 26.9. The minimum atomic E-state index is -0.245. The van der Waals surface area contributed by atoms with Crippen LogP contribution in [0.1, 0.15) is 11.1 Å². The summed E-state index contributed by atoms with van der Waals surface area (Å²) < 4.78 is 8.73. The molecule has 0 spiro atoms. The van der Waals surface area contributed by atoms with E-state index in [0.717, 1.165) is 32.6 Å². The van der Waals surface area contributed by atoms with E-state index < -0.39 is 0 Å². The van der Waals surface area contributed by atoms with Crippen LogP contribution >= 0.6 is 27.7 Å². The van der Waals surface area contributed by atoms with Gasteiger partial charge in [-0.2, -0.15) is 5.10 Å². The Balaban J connectivity index is 1.18. The summed E-state index contributed by atoms with van der Waals surface area (Å²) in [4.78, 5) is 12.5. The second kappa shape index (κ2) is 13.0. The number of nitrogens with one attached hydrogen (secondary N) is 1.